The van der Waals surface area contributed by atoms with Crippen LogP contribution < -0.4 is 0 Å². The van der Waals surface area contributed by atoms with Gasteiger partial charge in [-0.1, -0.05) is 19.0 Å². The van der Waals surface area contributed by atoms with Gasteiger partial charge in [0, 0.05) is 24.2 Å². The Bertz CT molecular complexity index is 705. The van der Waals surface area contributed by atoms with Crippen molar-refractivity contribution in [3.8, 4) is 0 Å². The summed E-state index contributed by atoms with van der Waals surface area (Å²) in [6.45, 7) is 5.49. The maximum Gasteiger partial charge on any atom is 0.205 e. The molecule has 1 spiro atoms. The molecule has 28 heavy (non-hydrogen) atoms. The number of alkyl halides is 1. The molecule has 0 radical (unpaired) electrons. The van der Waals surface area contributed by atoms with Crippen LogP contribution in [0.2, 0.25) is 0 Å². The lowest BCUT2D eigenvalue weighted by Crippen LogP contribution is -2.59. The molecule has 4 saturated carbocycles. The predicted molar refractivity (Wildman–Crippen MR) is 101 cm³/mol. The number of ether oxygens (including phenoxy) is 2. The lowest BCUT2D eigenvalue weighted by atomic mass is 9.44. The van der Waals surface area contributed by atoms with Gasteiger partial charge >= 0.3 is 0 Å². The number of fused-ring (bicyclic) bond motifs is 6. The van der Waals surface area contributed by atoms with Crippen LogP contribution >= 0.6 is 0 Å². The lowest BCUT2D eigenvalue weighted by Gasteiger charge is -2.60. The van der Waals surface area contributed by atoms with Crippen LogP contribution in [0.5, 0.6) is 0 Å². The Labute approximate surface area is 166 Å². The summed E-state index contributed by atoms with van der Waals surface area (Å²) in [5.74, 6) is 0.464. The van der Waals surface area contributed by atoms with E-state index in [9.17, 15) is 4.79 Å². The molecule has 6 heteroatoms. The lowest BCUT2D eigenvalue weighted by molar-refractivity contribution is -0.263. The van der Waals surface area contributed by atoms with Crippen LogP contribution in [0, 0.1) is 34.5 Å². The fraction of sp³-hybridized carbons (Fsp3) is 0.909. The van der Waals surface area contributed by atoms with Crippen LogP contribution in [0.1, 0.15) is 58.8 Å². The Morgan fingerprint density at radius 3 is 2.61 bits per heavy atom. The molecule has 1 aliphatic heterocycles. The molecule has 0 aromatic carbocycles. The Morgan fingerprint density at radius 1 is 1.14 bits per heavy atom. The van der Waals surface area contributed by atoms with E-state index in [1.54, 1.807) is 7.11 Å². The van der Waals surface area contributed by atoms with E-state index in [1.165, 1.54) is 0 Å². The minimum absolute atomic E-state index is 0.0362. The van der Waals surface area contributed by atoms with Crippen LogP contribution in [-0.2, 0) is 19.1 Å². The Kier molecular flexibility index (Phi) is 4.23. The average Bonchev–Trinajstić information content (AvgIpc) is 3.24. The average molecular weight is 393 g/mol. The fourth-order valence-electron chi connectivity index (χ4n) is 7.94. The highest BCUT2D eigenvalue weighted by atomic mass is 19.1. The summed E-state index contributed by atoms with van der Waals surface area (Å²) >= 11 is 0. The third-order valence-corrected chi connectivity index (χ3v) is 9.29. The third kappa shape index (κ3) is 2.25. The maximum absolute atomic E-state index is 15.4. The fourth-order valence-corrected chi connectivity index (χ4v) is 7.94. The monoisotopic (exact) mass is 393 g/mol. The van der Waals surface area contributed by atoms with Crippen molar-refractivity contribution in [2.75, 3.05) is 20.3 Å². The normalized spacial score (nSPS) is 51.1. The van der Waals surface area contributed by atoms with Crippen molar-refractivity contribution in [1.29, 1.82) is 0 Å². The van der Waals surface area contributed by atoms with Gasteiger partial charge < -0.3 is 14.3 Å². The van der Waals surface area contributed by atoms with E-state index in [0.717, 1.165) is 31.4 Å². The van der Waals surface area contributed by atoms with Gasteiger partial charge in [-0.25, -0.2) is 4.39 Å². The summed E-state index contributed by atoms with van der Waals surface area (Å²) in [6, 6.07) is 0. The zero-order valence-corrected chi connectivity index (χ0v) is 17.2. The molecule has 7 atom stereocenters. The van der Waals surface area contributed by atoms with E-state index in [2.05, 4.69) is 19.0 Å². The summed E-state index contributed by atoms with van der Waals surface area (Å²) in [5, 5.41) is 4.39. The predicted octanol–water partition coefficient (Wildman–Crippen LogP) is 3.90. The van der Waals surface area contributed by atoms with Crippen molar-refractivity contribution < 1.29 is 23.5 Å². The van der Waals surface area contributed by atoms with Gasteiger partial charge in [0.15, 0.2) is 6.17 Å². The summed E-state index contributed by atoms with van der Waals surface area (Å²) < 4.78 is 27.3. The van der Waals surface area contributed by atoms with E-state index in [-0.39, 0.29) is 22.7 Å². The van der Waals surface area contributed by atoms with Crippen LogP contribution in [-0.4, -0.2) is 43.8 Å². The number of oxime groups is 1. The molecular formula is C22H32FNO4. The molecule has 1 heterocycles. The molecule has 0 bridgehead atoms. The van der Waals surface area contributed by atoms with Gasteiger partial charge in [0.1, 0.15) is 12.9 Å². The van der Waals surface area contributed by atoms with Crippen LogP contribution in [0.25, 0.3) is 0 Å². The van der Waals surface area contributed by atoms with Crippen molar-refractivity contribution >= 4 is 11.5 Å². The van der Waals surface area contributed by atoms with Gasteiger partial charge in [-0.2, -0.15) is 0 Å². The molecule has 0 aromatic heterocycles. The van der Waals surface area contributed by atoms with E-state index in [0.29, 0.717) is 50.1 Å². The summed E-state index contributed by atoms with van der Waals surface area (Å²) in [4.78, 5) is 17.4. The smallest absolute Gasteiger partial charge is 0.205 e. The SMILES string of the molecule is CO/N=C1\CC2C(CC[C@@]3(C)C2C[C@@H](F)C32OCCO2)[C@@]2(C)CCC(=O)CC12. The Morgan fingerprint density at radius 2 is 1.89 bits per heavy atom. The zero-order chi connectivity index (χ0) is 19.7. The minimum atomic E-state index is -1.08. The van der Waals surface area contributed by atoms with E-state index >= 15 is 4.39 Å². The molecule has 5 fully saturated rings. The number of carbonyl (C=O) groups excluding carboxylic acids is 1. The standard InChI is InChI=1S/C22H32FNO4/c1-20-6-4-13(25)10-17(20)18(24-26-3)11-14-15(20)5-7-21(2)16(14)12-19(23)22(21)27-8-9-28-22/h14-17,19H,4-12H2,1-3H3/b24-18+/t14?,15?,16?,17?,19-,20-,21+/m1/s1. The number of hydrogen-bond acceptors (Lipinski definition) is 5. The molecule has 4 unspecified atom stereocenters. The second kappa shape index (κ2) is 6.24. The van der Waals surface area contributed by atoms with Gasteiger partial charge in [-0.05, 0) is 55.3 Å². The van der Waals surface area contributed by atoms with Crippen LogP contribution in [0.15, 0.2) is 5.16 Å². The number of carbonyl (C=O) groups is 1. The Balaban J connectivity index is 1.54. The number of ketones is 1. The number of halogens is 1. The molecule has 5 rings (SSSR count). The summed E-state index contributed by atoms with van der Waals surface area (Å²) in [5.41, 5.74) is 0.734. The maximum atomic E-state index is 15.4. The van der Waals surface area contributed by atoms with Crippen molar-refractivity contribution in [3.05, 3.63) is 0 Å². The topological polar surface area (TPSA) is 57.1 Å². The Hall–Kier alpha value is -1.01. The van der Waals surface area contributed by atoms with Gasteiger partial charge in [0.25, 0.3) is 0 Å². The molecule has 4 aliphatic carbocycles. The number of Topliss-reactive ketones (excluding diaryl/α,β-unsaturated/α-hetero) is 1. The van der Waals surface area contributed by atoms with Crippen LogP contribution in [0.3, 0.4) is 0 Å². The molecule has 0 aromatic rings. The zero-order valence-electron chi connectivity index (χ0n) is 17.2. The highest BCUT2D eigenvalue weighted by Crippen LogP contribution is 2.69. The molecular weight excluding hydrogens is 361 g/mol. The van der Waals surface area contributed by atoms with Gasteiger partial charge in [-0.3, -0.25) is 4.79 Å². The molecule has 5 nitrogen and oxygen atoms in total. The van der Waals surface area contributed by atoms with Crippen molar-refractivity contribution in [2.45, 2.75) is 70.8 Å². The minimum Gasteiger partial charge on any atom is -0.399 e. The summed E-state index contributed by atoms with van der Waals surface area (Å²) in [6.07, 6.45) is 4.32. The molecule has 0 N–H and O–H groups in total. The van der Waals surface area contributed by atoms with Crippen LogP contribution in [0.4, 0.5) is 4.39 Å². The van der Waals surface area contributed by atoms with E-state index in [1.807, 2.05) is 0 Å². The van der Waals surface area contributed by atoms with Crippen molar-refractivity contribution in [3.63, 3.8) is 0 Å². The quantitative estimate of drug-likeness (QED) is 0.634. The second-order valence-electron chi connectivity index (χ2n) is 10.2. The highest BCUT2D eigenvalue weighted by molar-refractivity contribution is 5.94. The van der Waals surface area contributed by atoms with Crippen molar-refractivity contribution in [1.82, 2.24) is 0 Å². The molecule has 0 amide bonds. The molecule has 1 saturated heterocycles. The third-order valence-electron chi connectivity index (χ3n) is 9.29. The first-order valence-corrected chi connectivity index (χ1v) is 10.9. The van der Waals surface area contributed by atoms with E-state index in [4.69, 9.17) is 14.3 Å². The van der Waals surface area contributed by atoms with Gasteiger partial charge in [-0.15, -0.1) is 0 Å². The summed E-state index contributed by atoms with van der Waals surface area (Å²) in [7, 11) is 1.58. The number of rotatable bonds is 1. The number of nitrogens with zero attached hydrogens (tertiary/aromatic N) is 1. The van der Waals surface area contributed by atoms with Gasteiger partial charge in [0.05, 0.1) is 18.9 Å². The van der Waals surface area contributed by atoms with Gasteiger partial charge in [0.2, 0.25) is 5.79 Å². The first-order chi connectivity index (χ1) is 13.4. The first-order valence-electron chi connectivity index (χ1n) is 10.9. The first kappa shape index (κ1) is 19.0. The molecule has 156 valence electrons. The molecule has 5 aliphatic rings. The second-order valence-corrected chi connectivity index (χ2v) is 10.2. The highest BCUT2D eigenvalue weighted by Gasteiger charge is 2.72. The largest absolute Gasteiger partial charge is 0.399 e. The van der Waals surface area contributed by atoms with E-state index < -0.39 is 12.0 Å². The number of hydrogen-bond donors (Lipinski definition) is 0. The van der Waals surface area contributed by atoms with Crippen molar-refractivity contribution in [2.24, 2.45) is 39.7 Å².